The summed E-state index contributed by atoms with van der Waals surface area (Å²) in [7, 11) is -1.04. The number of amides is 1. The van der Waals surface area contributed by atoms with Gasteiger partial charge in [0.15, 0.2) is 0 Å². The number of methoxy groups -OCH3 is 1. The van der Waals surface area contributed by atoms with Crippen LogP contribution in [0.3, 0.4) is 0 Å². The van der Waals surface area contributed by atoms with Crippen LogP contribution in [-0.4, -0.2) is 56.3 Å². The lowest BCUT2D eigenvalue weighted by Crippen LogP contribution is -2.37. The highest BCUT2D eigenvalue weighted by molar-refractivity contribution is 8.15. The minimum Gasteiger partial charge on any atom is -0.495 e. The van der Waals surface area contributed by atoms with Crippen LogP contribution in [0, 0.1) is 0 Å². The number of nitrogens with one attached hydrogen (secondary N) is 3. The average molecular weight is 529 g/mol. The third-order valence-corrected chi connectivity index (χ3v) is 7.76. The smallest absolute Gasteiger partial charge is 0.265 e. The summed E-state index contributed by atoms with van der Waals surface area (Å²) in [5, 5.41) is 14.2. The number of guanidine groups is 1. The van der Waals surface area contributed by atoms with Gasteiger partial charge in [-0.25, -0.2) is 8.42 Å². The summed E-state index contributed by atoms with van der Waals surface area (Å²) < 4.78 is 34.0. The van der Waals surface area contributed by atoms with Crippen LogP contribution in [0.2, 0.25) is 0 Å². The topological polar surface area (TPSA) is 176 Å². The van der Waals surface area contributed by atoms with Gasteiger partial charge in [0.1, 0.15) is 15.7 Å². The van der Waals surface area contributed by atoms with Crippen molar-refractivity contribution in [2.75, 3.05) is 25.4 Å². The van der Waals surface area contributed by atoms with E-state index in [2.05, 4.69) is 35.5 Å². The molecule has 1 aliphatic heterocycles. The van der Waals surface area contributed by atoms with Crippen LogP contribution in [0.1, 0.15) is 12.1 Å². The van der Waals surface area contributed by atoms with Crippen molar-refractivity contribution in [3.8, 4) is 5.75 Å². The maximum absolute atomic E-state index is 13.1. The molecule has 1 aromatic heterocycles. The van der Waals surface area contributed by atoms with E-state index in [1.165, 1.54) is 32.0 Å². The number of nitrogens with two attached hydrogens (primary N) is 1. The maximum Gasteiger partial charge on any atom is 0.265 e. The van der Waals surface area contributed by atoms with Crippen LogP contribution < -0.4 is 20.5 Å². The van der Waals surface area contributed by atoms with Crippen LogP contribution in [-0.2, 0) is 14.8 Å². The molecule has 0 radical (unpaired) electrons. The standard InChI is InChI=1S/C22H24N8O4S2/c1-24-30-28-22(23)27-19(31)11-14-12-25-21(35-14)16-10-13-6-5-7-15(20(13)26-16)29-36(32,33)18-9-4-3-8-17(18)34-2/h3-10,14,26,29H,11-12H2,1-2H3,(H3,23,24,27,28,31). The zero-order chi connectivity index (χ0) is 25.7. The number of fused-ring (bicyclic) bond motifs is 1. The second-order valence-electron chi connectivity index (χ2n) is 7.62. The molecule has 2 heterocycles. The number of nitrogens with zero attached hydrogens (tertiary/aromatic N) is 4. The van der Waals surface area contributed by atoms with Crippen molar-refractivity contribution in [2.45, 2.75) is 16.6 Å². The number of hydrogen-bond acceptors (Lipinski definition) is 8. The highest BCUT2D eigenvalue weighted by Gasteiger charge is 2.25. The Balaban J connectivity index is 1.49. The molecule has 0 aliphatic carbocycles. The number of anilines is 1. The molecule has 36 heavy (non-hydrogen) atoms. The van der Waals surface area contributed by atoms with E-state index in [1.54, 1.807) is 30.3 Å². The Kier molecular flexibility index (Phi) is 7.55. The molecule has 3 aromatic rings. The molecule has 0 spiro atoms. The number of rotatable bonds is 8. The molecule has 2 aromatic carbocycles. The van der Waals surface area contributed by atoms with Gasteiger partial charge in [-0.05, 0) is 29.5 Å². The van der Waals surface area contributed by atoms with Crippen LogP contribution in [0.25, 0.3) is 10.9 Å². The quantitative estimate of drug-likeness (QED) is 0.151. The van der Waals surface area contributed by atoms with Crippen molar-refractivity contribution in [1.82, 2.24) is 10.3 Å². The second-order valence-corrected chi connectivity index (χ2v) is 10.6. The molecular formula is C22H24N8O4S2. The van der Waals surface area contributed by atoms with E-state index in [9.17, 15) is 13.2 Å². The Hall–Kier alpha value is -3.91. The lowest BCUT2D eigenvalue weighted by molar-refractivity contribution is -0.119. The number of benzene rings is 2. The SMILES string of the molecule is C/N=N\N=C(/N)NC(=O)CC1CN=C(c2cc3cccc(NS(=O)(=O)c4ccccc4OC)c3[nH]2)S1. The number of aromatic amines is 1. The largest absolute Gasteiger partial charge is 0.495 e. The Morgan fingerprint density at radius 1 is 1.28 bits per heavy atom. The van der Waals surface area contributed by atoms with Crippen LogP contribution in [0.5, 0.6) is 5.75 Å². The highest BCUT2D eigenvalue weighted by atomic mass is 32.2. The summed E-state index contributed by atoms with van der Waals surface area (Å²) >= 11 is 1.45. The lowest BCUT2D eigenvalue weighted by atomic mass is 10.2. The van der Waals surface area contributed by atoms with E-state index in [-0.39, 0.29) is 34.2 Å². The minimum atomic E-state index is -3.90. The fraction of sp³-hybridized carbons (Fsp3) is 0.227. The number of carbonyl (C=O) groups is 1. The Morgan fingerprint density at radius 3 is 2.86 bits per heavy atom. The summed E-state index contributed by atoms with van der Waals surface area (Å²) in [5.41, 5.74) is 7.31. The van der Waals surface area contributed by atoms with Crippen molar-refractivity contribution in [3.63, 3.8) is 0 Å². The Morgan fingerprint density at radius 2 is 2.08 bits per heavy atom. The van der Waals surface area contributed by atoms with Crippen molar-refractivity contribution in [1.29, 1.82) is 0 Å². The van der Waals surface area contributed by atoms with E-state index in [4.69, 9.17) is 10.5 Å². The number of aromatic nitrogens is 1. The van der Waals surface area contributed by atoms with E-state index in [1.807, 2.05) is 12.1 Å². The third-order valence-electron chi connectivity index (χ3n) is 5.13. The number of aliphatic imine (C=N–C) groups is 1. The first-order valence-electron chi connectivity index (χ1n) is 10.7. The van der Waals surface area contributed by atoms with Crippen LogP contribution >= 0.6 is 11.8 Å². The van der Waals surface area contributed by atoms with E-state index in [0.717, 1.165) is 16.1 Å². The number of para-hydroxylation sites is 2. The fourth-order valence-corrected chi connectivity index (χ4v) is 5.92. The summed E-state index contributed by atoms with van der Waals surface area (Å²) in [5.74, 6) is -0.187. The number of hydrogen-bond donors (Lipinski definition) is 4. The molecular weight excluding hydrogens is 504 g/mol. The van der Waals surface area contributed by atoms with E-state index < -0.39 is 10.0 Å². The van der Waals surface area contributed by atoms with Gasteiger partial charge in [0.2, 0.25) is 11.9 Å². The summed E-state index contributed by atoms with van der Waals surface area (Å²) in [4.78, 5) is 20.1. The van der Waals surface area contributed by atoms with Crippen LogP contribution in [0.4, 0.5) is 5.69 Å². The van der Waals surface area contributed by atoms with Gasteiger partial charge in [-0.2, -0.15) is 5.11 Å². The molecule has 0 saturated carbocycles. The Bertz CT molecular complexity index is 1480. The predicted molar refractivity (Wildman–Crippen MR) is 140 cm³/mol. The van der Waals surface area contributed by atoms with Gasteiger partial charge >= 0.3 is 0 Å². The lowest BCUT2D eigenvalue weighted by Gasteiger charge is -2.12. The van der Waals surface area contributed by atoms with Gasteiger partial charge in [-0.3, -0.25) is 19.8 Å². The van der Waals surface area contributed by atoms with Gasteiger partial charge in [-0.1, -0.05) is 41.1 Å². The number of sulfonamides is 1. The molecule has 1 unspecified atom stereocenters. The van der Waals surface area contributed by atoms with Gasteiger partial charge < -0.3 is 15.5 Å². The molecule has 1 amide bonds. The molecule has 4 rings (SSSR count). The van der Waals surface area contributed by atoms with E-state index >= 15 is 0 Å². The van der Waals surface area contributed by atoms with Gasteiger partial charge in [0.25, 0.3) is 10.0 Å². The molecule has 0 saturated heterocycles. The summed E-state index contributed by atoms with van der Waals surface area (Å²) in [6, 6.07) is 13.6. The first-order valence-corrected chi connectivity index (χ1v) is 13.1. The number of H-pyrrole nitrogens is 1. The van der Waals surface area contributed by atoms with Crippen molar-refractivity contribution in [3.05, 3.63) is 54.2 Å². The normalized spacial score (nSPS) is 16.3. The minimum absolute atomic E-state index is 0.0385. The summed E-state index contributed by atoms with van der Waals surface area (Å²) in [6.45, 7) is 0.446. The molecule has 5 N–H and O–H groups in total. The second kappa shape index (κ2) is 10.8. The highest BCUT2D eigenvalue weighted by Crippen LogP contribution is 2.32. The first-order chi connectivity index (χ1) is 17.3. The number of thioether (sulfide) groups is 1. The molecule has 14 heteroatoms. The average Bonchev–Trinajstić information content (AvgIpc) is 3.50. The van der Waals surface area contributed by atoms with Crippen molar-refractivity contribution < 1.29 is 17.9 Å². The van der Waals surface area contributed by atoms with Crippen LogP contribution in [0.15, 0.2) is 73.9 Å². The van der Waals surface area contributed by atoms with E-state index in [0.29, 0.717) is 17.7 Å². The zero-order valence-corrected chi connectivity index (χ0v) is 21.1. The maximum atomic E-state index is 13.1. The predicted octanol–water partition coefficient (Wildman–Crippen LogP) is 2.66. The van der Waals surface area contributed by atoms with Crippen molar-refractivity contribution >= 4 is 55.3 Å². The van der Waals surface area contributed by atoms with Gasteiger partial charge in [0.05, 0.1) is 37.6 Å². The molecule has 1 aliphatic rings. The number of ether oxygens (including phenoxy) is 1. The molecule has 12 nitrogen and oxygen atoms in total. The molecule has 0 fully saturated rings. The monoisotopic (exact) mass is 528 g/mol. The first kappa shape index (κ1) is 25.2. The van der Waals surface area contributed by atoms with Gasteiger partial charge in [0, 0.05) is 17.1 Å². The number of carbonyl (C=O) groups excluding carboxylic acids is 1. The fourth-order valence-electron chi connectivity index (χ4n) is 3.59. The van der Waals surface area contributed by atoms with Gasteiger partial charge in [-0.15, -0.1) is 0 Å². The Labute approximate surface area is 211 Å². The molecule has 188 valence electrons. The van der Waals surface area contributed by atoms with Crippen molar-refractivity contribution in [2.24, 2.45) is 26.2 Å². The zero-order valence-electron chi connectivity index (χ0n) is 19.4. The third kappa shape index (κ3) is 5.66. The molecule has 1 atom stereocenters. The summed E-state index contributed by atoms with van der Waals surface area (Å²) in [6.07, 6.45) is 0.182. The molecule has 0 bridgehead atoms.